The van der Waals surface area contributed by atoms with Gasteiger partial charge in [0.1, 0.15) is 22.6 Å². The van der Waals surface area contributed by atoms with Gasteiger partial charge in [0.25, 0.3) is 5.56 Å². The molecule has 0 saturated carbocycles. The molecule has 2 heterocycles. The lowest BCUT2D eigenvalue weighted by Gasteiger charge is -2.11. The summed E-state index contributed by atoms with van der Waals surface area (Å²) < 4.78 is 22.7. The molecule has 5 nitrogen and oxygen atoms in total. The Kier molecular flexibility index (Phi) is 4.75. The van der Waals surface area contributed by atoms with Crippen molar-refractivity contribution in [3.8, 4) is 5.75 Å². The van der Waals surface area contributed by atoms with Crippen molar-refractivity contribution in [2.75, 3.05) is 7.11 Å². The van der Waals surface area contributed by atoms with E-state index in [1.54, 1.807) is 24.1 Å². The van der Waals surface area contributed by atoms with Crippen molar-refractivity contribution >= 4 is 21.9 Å². The number of ether oxygens (including phenoxy) is 1. The van der Waals surface area contributed by atoms with E-state index >= 15 is 0 Å². The Morgan fingerprint density at radius 3 is 2.61 bits per heavy atom. The Bertz CT molecular complexity index is 1470. The number of nitrogens with zero attached hydrogens (tertiary/aromatic N) is 3. The molecule has 5 aromatic rings. The molecular weight excluding hydrogens is 393 g/mol. The molecule has 2 aromatic heterocycles. The highest BCUT2D eigenvalue weighted by Crippen LogP contribution is 2.26. The van der Waals surface area contributed by atoms with E-state index in [0.717, 1.165) is 27.8 Å². The lowest BCUT2D eigenvalue weighted by molar-refractivity contribution is 0.408. The monoisotopic (exact) mass is 413 g/mol. The lowest BCUT2D eigenvalue weighted by atomic mass is 10.2. The molecule has 0 atom stereocenters. The minimum Gasteiger partial charge on any atom is -0.496 e. The van der Waals surface area contributed by atoms with Gasteiger partial charge in [0.2, 0.25) is 0 Å². The summed E-state index contributed by atoms with van der Waals surface area (Å²) in [6, 6.07) is 21.8. The molecule has 0 aliphatic heterocycles. The standard InChI is InChI=1S/C25H20FN3O2/c1-31-22-12-5-2-8-18(22)15-28-16-27-23-20-10-3-4-11-21(20)29(24(23)25(28)30)14-17-7-6-9-19(26)13-17/h2-13,16H,14-15H2,1H3. The quantitative estimate of drug-likeness (QED) is 0.423. The number of halogens is 1. The normalized spacial score (nSPS) is 11.3. The molecule has 0 N–H and O–H groups in total. The van der Waals surface area contributed by atoms with Gasteiger partial charge in [0.15, 0.2) is 0 Å². The molecule has 0 radical (unpaired) electrons. The first kappa shape index (κ1) is 19.1. The zero-order valence-electron chi connectivity index (χ0n) is 17.0. The number of hydrogen-bond acceptors (Lipinski definition) is 3. The summed E-state index contributed by atoms with van der Waals surface area (Å²) in [4.78, 5) is 18.2. The number of aromatic nitrogens is 3. The van der Waals surface area contributed by atoms with E-state index < -0.39 is 0 Å². The van der Waals surface area contributed by atoms with Crippen molar-refractivity contribution < 1.29 is 9.13 Å². The first-order valence-electron chi connectivity index (χ1n) is 9.98. The van der Waals surface area contributed by atoms with Gasteiger partial charge in [0, 0.05) is 17.5 Å². The molecule has 0 aliphatic rings. The number of methoxy groups -OCH3 is 1. The largest absolute Gasteiger partial charge is 0.496 e. The van der Waals surface area contributed by atoms with E-state index in [4.69, 9.17) is 4.74 Å². The summed E-state index contributed by atoms with van der Waals surface area (Å²) in [5, 5.41) is 0.899. The van der Waals surface area contributed by atoms with Crippen LogP contribution in [0.4, 0.5) is 4.39 Å². The van der Waals surface area contributed by atoms with Crippen LogP contribution in [0.3, 0.4) is 0 Å². The van der Waals surface area contributed by atoms with Crippen LogP contribution < -0.4 is 10.3 Å². The second-order valence-electron chi connectivity index (χ2n) is 7.42. The maximum absolute atomic E-state index is 13.8. The SMILES string of the molecule is COc1ccccc1Cn1cnc2c3ccccc3n(Cc3cccc(F)c3)c2c1=O. The van der Waals surface area contributed by atoms with Gasteiger partial charge in [-0.1, -0.05) is 48.5 Å². The highest BCUT2D eigenvalue weighted by molar-refractivity contribution is 6.05. The van der Waals surface area contributed by atoms with Gasteiger partial charge in [-0.3, -0.25) is 9.36 Å². The summed E-state index contributed by atoms with van der Waals surface area (Å²) in [7, 11) is 1.61. The van der Waals surface area contributed by atoms with Crippen LogP contribution in [0.5, 0.6) is 5.75 Å². The summed E-state index contributed by atoms with van der Waals surface area (Å²) in [6.07, 6.45) is 1.58. The predicted octanol–water partition coefficient (Wildman–Crippen LogP) is 4.60. The molecule has 0 bridgehead atoms. The molecule has 0 amide bonds. The molecule has 5 rings (SSSR count). The Hall–Kier alpha value is -3.93. The Morgan fingerprint density at radius 2 is 1.77 bits per heavy atom. The minimum atomic E-state index is -0.301. The zero-order valence-corrected chi connectivity index (χ0v) is 17.0. The van der Waals surface area contributed by atoms with Crippen LogP contribution in [0.15, 0.2) is 83.9 Å². The van der Waals surface area contributed by atoms with Gasteiger partial charge >= 0.3 is 0 Å². The van der Waals surface area contributed by atoms with Crippen LogP contribution in [0.2, 0.25) is 0 Å². The molecule has 0 aliphatic carbocycles. The Labute approximate surface area is 178 Å². The molecule has 6 heteroatoms. The molecule has 0 saturated heterocycles. The number of hydrogen-bond donors (Lipinski definition) is 0. The Morgan fingerprint density at radius 1 is 0.968 bits per heavy atom. The van der Waals surface area contributed by atoms with Gasteiger partial charge in [-0.05, 0) is 29.8 Å². The first-order valence-corrected chi connectivity index (χ1v) is 9.98. The second-order valence-corrected chi connectivity index (χ2v) is 7.42. The van der Waals surface area contributed by atoms with E-state index in [0.29, 0.717) is 24.1 Å². The number of fused-ring (bicyclic) bond motifs is 3. The van der Waals surface area contributed by atoms with Gasteiger partial charge in [-0.25, -0.2) is 9.37 Å². The summed E-state index contributed by atoms with van der Waals surface area (Å²) >= 11 is 0. The lowest BCUT2D eigenvalue weighted by Crippen LogP contribution is -2.23. The van der Waals surface area contributed by atoms with Crippen molar-refractivity contribution in [3.05, 3.63) is 106 Å². The van der Waals surface area contributed by atoms with Crippen molar-refractivity contribution in [1.29, 1.82) is 0 Å². The summed E-state index contributed by atoms with van der Waals surface area (Å²) in [5.74, 6) is 0.416. The fourth-order valence-corrected chi connectivity index (χ4v) is 4.06. The van der Waals surface area contributed by atoms with Gasteiger partial charge < -0.3 is 9.30 Å². The molecular formula is C25H20FN3O2. The van der Waals surface area contributed by atoms with Crippen LogP contribution in [-0.2, 0) is 13.1 Å². The second kappa shape index (κ2) is 7.72. The third-order valence-corrected chi connectivity index (χ3v) is 5.50. The smallest absolute Gasteiger partial charge is 0.278 e. The van der Waals surface area contributed by atoms with Gasteiger partial charge in [0.05, 0.1) is 25.5 Å². The maximum atomic E-state index is 13.8. The molecule has 3 aromatic carbocycles. The number of rotatable bonds is 5. The van der Waals surface area contributed by atoms with Crippen LogP contribution in [0, 0.1) is 5.82 Å². The third-order valence-electron chi connectivity index (χ3n) is 5.50. The van der Waals surface area contributed by atoms with Crippen molar-refractivity contribution in [2.24, 2.45) is 0 Å². The van der Waals surface area contributed by atoms with Crippen LogP contribution in [0.25, 0.3) is 21.9 Å². The average Bonchev–Trinajstić information content (AvgIpc) is 3.10. The zero-order chi connectivity index (χ0) is 21.4. The van der Waals surface area contributed by atoms with E-state index in [1.165, 1.54) is 12.1 Å². The Balaban J connectivity index is 1.71. The van der Waals surface area contributed by atoms with E-state index in [9.17, 15) is 9.18 Å². The van der Waals surface area contributed by atoms with E-state index in [1.807, 2.05) is 59.2 Å². The molecule has 0 spiro atoms. The van der Waals surface area contributed by atoms with Gasteiger partial charge in [-0.15, -0.1) is 0 Å². The summed E-state index contributed by atoms with van der Waals surface area (Å²) in [6.45, 7) is 0.713. The summed E-state index contributed by atoms with van der Waals surface area (Å²) in [5.41, 5.74) is 3.56. The molecule has 0 unspecified atom stereocenters. The highest BCUT2D eigenvalue weighted by Gasteiger charge is 2.17. The third kappa shape index (κ3) is 3.36. The van der Waals surface area contributed by atoms with Crippen LogP contribution in [0.1, 0.15) is 11.1 Å². The highest BCUT2D eigenvalue weighted by atomic mass is 19.1. The predicted molar refractivity (Wildman–Crippen MR) is 119 cm³/mol. The fraction of sp³-hybridized carbons (Fsp3) is 0.120. The van der Waals surface area contributed by atoms with Crippen LogP contribution >= 0.6 is 0 Å². The molecule has 31 heavy (non-hydrogen) atoms. The molecule has 0 fully saturated rings. The first-order chi connectivity index (χ1) is 15.2. The van der Waals surface area contributed by atoms with Gasteiger partial charge in [-0.2, -0.15) is 0 Å². The number of para-hydroxylation sites is 2. The average molecular weight is 413 g/mol. The molecule has 154 valence electrons. The topological polar surface area (TPSA) is 49.0 Å². The number of benzene rings is 3. The van der Waals surface area contributed by atoms with Crippen LogP contribution in [-0.4, -0.2) is 21.2 Å². The van der Waals surface area contributed by atoms with E-state index in [-0.39, 0.29) is 11.4 Å². The maximum Gasteiger partial charge on any atom is 0.278 e. The minimum absolute atomic E-state index is 0.150. The van der Waals surface area contributed by atoms with Crippen molar-refractivity contribution in [2.45, 2.75) is 13.1 Å². The van der Waals surface area contributed by atoms with Crippen molar-refractivity contribution in [3.63, 3.8) is 0 Å². The van der Waals surface area contributed by atoms with E-state index in [2.05, 4.69) is 4.98 Å². The van der Waals surface area contributed by atoms with Crippen molar-refractivity contribution in [1.82, 2.24) is 14.1 Å². The fourth-order valence-electron chi connectivity index (χ4n) is 4.06.